The molecule has 0 aliphatic heterocycles. The molecular formula is C17H28N2S. The van der Waals surface area contributed by atoms with E-state index in [4.69, 9.17) is 12.2 Å². The normalized spacial score (nSPS) is 12.6. The zero-order valence-electron chi connectivity index (χ0n) is 13.6. The van der Waals surface area contributed by atoms with Crippen LogP contribution in [0.4, 0.5) is 5.69 Å². The van der Waals surface area contributed by atoms with Crippen LogP contribution in [0.1, 0.15) is 70.9 Å². The van der Waals surface area contributed by atoms with E-state index < -0.39 is 0 Å². The predicted molar refractivity (Wildman–Crippen MR) is 93.7 cm³/mol. The lowest BCUT2D eigenvalue weighted by Gasteiger charge is -2.23. The minimum atomic E-state index is 0.392. The number of anilines is 1. The lowest BCUT2D eigenvalue weighted by atomic mass is 9.93. The van der Waals surface area contributed by atoms with Crippen LogP contribution in [0.5, 0.6) is 0 Å². The van der Waals surface area contributed by atoms with E-state index in [1.807, 2.05) is 0 Å². The summed E-state index contributed by atoms with van der Waals surface area (Å²) < 4.78 is 0. The Morgan fingerprint density at radius 1 is 1.05 bits per heavy atom. The number of nitrogens with one attached hydrogen (secondary N) is 2. The Hall–Kier alpha value is -1.09. The maximum atomic E-state index is 5.45. The fourth-order valence-electron chi connectivity index (χ4n) is 2.17. The predicted octanol–water partition coefficient (Wildman–Crippen LogP) is 5.02. The monoisotopic (exact) mass is 292 g/mol. The highest BCUT2D eigenvalue weighted by molar-refractivity contribution is 7.80. The molecule has 0 aliphatic carbocycles. The van der Waals surface area contributed by atoms with Gasteiger partial charge in [-0.2, -0.15) is 0 Å². The van der Waals surface area contributed by atoms with Gasteiger partial charge in [-0.15, -0.1) is 0 Å². The molecule has 0 fully saturated rings. The van der Waals surface area contributed by atoms with Crippen LogP contribution in [0, 0.1) is 0 Å². The molecule has 0 spiro atoms. The van der Waals surface area contributed by atoms with E-state index in [1.165, 1.54) is 16.8 Å². The van der Waals surface area contributed by atoms with E-state index in [-0.39, 0.29) is 0 Å². The van der Waals surface area contributed by atoms with Crippen molar-refractivity contribution in [1.82, 2.24) is 5.32 Å². The summed E-state index contributed by atoms with van der Waals surface area (Å²) in [6, 6.07) is 6.90. The fourth-order valence-corrected chi connectivity index (χ4v) is 2.47. The van der Waals surface area contributed by atoms with E-state index in [9.17, 15) is 0 Å². The van der Waals surface area contributed by atoms with Crippen LogP contribution in [-0.2, 0) is 0 Å². The summed E-state index contributed by atoms with van der Waals surface area (Å²) in [5, 5.41) is 7.48. The largest absolute Gasteiger partial charge is 0.360 e. The average molecular weight is 292 g/mol. The maximum absolute atomic E-state index is 5.45. The quantitative estimate of drug-likeness (QED) is 0.745. The first-order chi connectivity index (χ1) is 9.36. The molecule has 0 aliphatic rings. The van der Waals surface area contributed by atoms with E-state index in [2.05, 4.69) is 70.4 Å². The third kappa shape index (κ3) is 4.48. The Kier molecular flexibility index (Phi) is 6.47. The van der Waals surface area contributed by atoms with Crippen molar-refractivity contribution >= 4 is 23.0 Å². The van der Waals surface area contributed by atoms with Crippen LogP contribution in [0.25, 0.3) is 0 Å². The molecule has 3 heteroatoms. The van der Waals surface area contributed by atoms with Crippen LogP contribution in [0.3, 0.4) is 0 Å². The molecule has 0 saturated carbocycles. The first-order valence-corrected chi connectivity index (χ1v) is 7.97. The number of para-hydroxylation sites is 1. The Labute approximate surface area is 129 Å². The molecular weight excluding hydrogens is 264 g/mol. The lowest BCUT2D eigenvalue weighted by molar-refractivity contribution is 0.645. The van der Waals surface area contributed by atoms with Crippen molar-refractivity contribution in [3.8, 4) is 0 Å². The molecule has 1 unspecified atom stereocenters. The summed E-state index contributed by atoms with van der Waals surface area (Å²) in [6.45, 7) is 13.2. The molecule has 0 bridgehead atoms. The van der Waals surface area contributed by atoms with Crippen molar-refractivity contribution in [2.75, 3.05) is 5.32 Å². The highest BCUT2D eigenvalue weighted by atomic mass is 32.1. The molecule has 0 aromatic heterocycles. The zero-order chi connectivity index (χ0) is 15.3. The smallest absolute Gasteiger partial charge is 0.171 e. The second-order valence-electron chi connectivity index (χ2n) is 6.03. The van der Waals surface area contributed by atoms with Crippen molar-refractivity contribution in [2.24, 2.45) is 0 Å². The van der Waals surface area contributed by atoms with E-state index in [0.717, 1.165) is 6.42 Å². The topological polar surface area (TPSA) is 24.1 Å². The van der Waals surface area contributed by atoms with Crippen molar-refractivity contribution in [2.45, 2.75) is 65.8 Å². The van der Waals surface area contributed by atoms with Crippen molar-refractivity contribution < 1.29 is 0 Å². The van der Waals surface area contributed by atoms with Gasteiger partial charge in [-0.3, -0.25) is 0 Å². The first-order valence-electron chi connectivity index (χ1n) is 7.57. The minimum Gasteiger partial charge on any atom is -0.360 e. The Morgan fingerprint density at radius 3 is 1.95 bits per heavy atom. The molecule has 0 saturated heterocycles. The third-order valence-corrected chi connectivity index (χ3v) is 3.82. The van der Waals surface area contributed by atoms with Gasteiger partial charge in [0.05, 0.1) is 0 Å². The van der Waals surface area contributed by atoms with Gasteiger partial charge in [-0.1, -0.05) is 52.8 Å². The Morgan fingerprint density at radius 2 is 1.55 bits per heavy atom. The van der Waals surface area contributed by atoms with Gasteiger partial charge in [0, 0.05) is 11.7 Å². The third-order valence-electron chi connectivity index (χ3n) is 3.60. The first kappa shape index (κ1) is 17.0. The molecule has 1 rings (SSSR count). The van der Waals surface area contributed by atoms with Gasteiger partial charge in [0.15, 0.2) is 5.11 Å². The molecule has 0 radical (unpaired) electrons. The van der Waals surface area contributed by atoms with Gasteiger partial charge in [0.25, 0.3) is 0 Å². The van der Waals surface area contributed by atoms with E-state index in [1.54, 1.807) is 0 Å². The zero-order valence-corrected chi connectivity index (χ0v) is 14.4. The van der Waals surface area contributed by atoms with Crippen LogP contribution in [-0.4, -0.2) is 11.2 Å². The van der Waals surface area contributed by atoms with Gasteiger partial charge >= 0.3 is 0 Å². The lowest BCUT2D eigenvalue weighted by Crippen LogP contribution is -2.36. The molecule has 0 amide bonds. The molecule has 2 N–H and O–H groups in total. The number of hydrogen-bond donors (Lipinski definition) is 2. The minimum absolute atomic E-state index is 0.392. The van der Waals surface area contributed by atoms with Gasteiger partial charge in [-0.05, 0) is 48.5 Å². The molecule has 2 nitrogen and oxygen atoms in total. The van der Waals surface area contributed by atoms with Crippen LogP contribution in [0.15, 0.2) is 18.2 Å². The highest BCUT2D eigenvalue weighted by Gasteiger charge is 2.15. The fraction of sp³-hybridized carbons (Fsp3) is 0.588. The molecule has 1 atom stereocenters. The number of thiocarbonyl (C=S) groups is 1. The van der Waals surface area contributed by atoms with Crippen LogP contribution in [0.2, 0.25) is 0 Å². The average Bonchev–Trinajstić information content (AvgIpc) is 2.37. The van der Waals surface area contributed by atoms with Gasteiger partial charge in [0.2, 0.25) is 0 Å². The van der Waals surface area contributed by atoms with Gasteiger partial charge in [0.1, 0.15) is 0 Å². The molecule has 20 heavy (non-hydrogen) atoms. The summed E-state index contributed by atoms with van der Waals surface area (Å²) in [6.07, 6.45) is 1.06. The molecule has 0 heterocycles. The SMILES string of the molecule is CCC(C)NC(=S)Nc1c(C(C)C)cccc1C(C)C. The number of benzene rings is 1. The van der Waals surface area contributed by atoms with Crippen molar-refractivity contribution in [3.63, 3.8) is 0 Å². The van der Waals surface area contributed by atoms with Gasteiger partial charge in [-0.25, -0.2) is 0 Å². The summed E-state index contributed by atoms with van der Waals surface area (Å²) in [5.74, 6) is 0.949. The standard InChI is InChI=1S/C17H28N2S/c1-7-13(6)18-17(20)19-16-14(11(2)3)9-8-10-15(16)12(4)5/h8-13H,7H2,1-6H3,(H2,18,19,20). The van der Waals surface area contributed by atoms with E-state index >= 15 is 0 Å². The van der Waals surface area contributed by atoms with Crippen molar-refractivity contribution in [3.05, 3.63) is 29.3 Å². The van der Waals surface area contributed by atoms with Gasteiger partial charge < -0.3 is 10.6 Å². The number of rotatable bonds is 5. The number of hydrogen-bond acceptors (Lipinski definition) is 1. The molecule has 112 valence electrons. The second kappa shape index (κ2) is 7.63. The summed E-state index contributed by atoms with van der Waals surface area (Å²) in [5.41, 5.74) is 3.83. The van der Waals surface area contributed by atoms with Crippen LogP contribution < -0.4 is 10.6 Å². The highest BCUT2D eigenvalue weighted by Crippen LogP contribution is 2.32. The van der Waals surface area contributed by atoms with Crippen molar-refractivity contribution in [1.29, 1.82) is 0 Å². The maximum Gasteiger partial charge on any atom is 0.171 e. The molecule has 1 aromatic rings. The molecule has 1 aromatic carbocycles. The Balaban J connectivity index is 3.04. The second-order valence-corrected chi connectivity index (χ2v) is 6.44. The summed E-state index contributed by atoms with van der Waals surface area (Å²) in [4.78, 5) is 0. The summed E-state index contributed by atoms with van der Waals surface area (Å²) in [7, 11) is 0. The summed E-state index contributed by atoms with van der Waals surface area (Å²) >= 11 is 5.45. The Bertz CT molecular complexity index is 426. The van der Waals surface area contributed by atoms with E-state index in [0.29, 0.717) is 23.0 Å². The van der Waals surface area contributed by atoms with Crippen LogP contribution >= 0.6 is 12.2 Å².